The Labute approximate surface area is 98.6 Å². The van der Waals surface area contributed by atoms with Crippen LogP contribution in [0.5, 0.6) is 0 Å². The quantitative estimate of drug-likeness (QED) is 0.794. The second-order valence-electron chi connectivity index (χ2n) is 4.15. The van der Waals surface area contributed by atoms with Gasteiger partial charge in [0.15, 0.2) is 0 Å². The molecule has 0 N–H and O–H groups in total. The Morgan fingerprint density at radius 1 is 1.53 bits per heavy atom. The molecule has 1 amide bonds. The van der Waals surface area contributed by atoms with Crippen molar-refractivity contribution in [1.29, 1.82) is 0 Å². The second-order valence-corrected chi connectivity index (χ2v) is 6.13. The van der Waals surface area contributed by atoms with Gasteiger partial charge < -0.3 is 9.32 Å². The molecule has 0 radical (unpaired) electrons. The van der Waals surface area contributed by atoms with Gasteiger partial charge in [-0.15, -0.1) is 0 Å². The number of hydrogen-bond donors (Lipinski definition) is 0. The molecule has 0 aliphatic carbocycles. The molecular weight excluding hydrogens is 258 g/mol. The maximum atomic E-state index is 11.8. The molecule has 0 fully saturated rings. The lowest BCUT2D eigenvalue weighted by atomic mass is 10.2. The van der Waals surface area contributed by atoms with Crippen LogP contribution in [0.2, 0.25) is 0 Å². The average Bonchev–Trinajstić information content (AvgIpc) is 2.48. The zero-order chi connectivity index (χ0) is 11.6. The number of carbonyl (C=O) groups excluding carboxylic acids is 1. The number of hydrogen-bond acceptors (Lipinski definition) is 2. The monoisotopic (exact) mass is 273 g/mol. The summed E-state index contributed by atoms with van der Waals surface area (Å²) >= 11 is 3.34. The molecule has 0 saturated heterocycles. The van der Waals surface area contributed by atoms with Crippen molar-refractivity contribution in [3.8, 4) is 0 Å². The molecule has 0 atom stereocenters. The van der Waals surface area contributed by atoms with Gasteiger partial charge in [0.25, 0.3) is 0 Å². The van der Waals surface area contributed by atoms with Gasteiger partial charge in [-0.05, 0) is 32.9 Å². The normalized spacial score (nSPS) is 11.5. The van der Waals surface area contributed by atoms with Crippen LogP contribution in [-0.2, 0) is 11.3 Å². The average molecular weight is 274 g/mol. The summed E-state index contributed by atoms with van der Waals surface area (Å²) in [5.74, 6) is 1.71. The van der Waals surface area contributed by atoms with Gasteiger partial charge >= 0.3 is 0 Å². The van der Waals surface area contributed by atoms with Gasteiger partial charge in [0.05, 0.1) is 10.9 Å². The summed E-state index contributed by atoms with van der Waals surface area (Å²) in [4.78, 5) is 13.5. The van der Waals surface area contributed by atoms with Gasteiger partial charge in [0, 0.05) is 7.05 Å². The van der Waals surface area contributed by atoms with E-state index in [-0.39, 0.29) is 5.91 Å². The highest BCUT2D eigenvalue weighted by Crippen LogP contribution is 2.20. The van der Waals surface area contributed by atoms with E-state index >= 15 is 0 Å². The highest BCUT2D eigenvalue weighted by Gasteiger charge is 2.27. The summed E-state index contributed by atoms with van der Waals surface area (Å²) in [5, 5.41) is 0. The Morgan fingerprint density at radius 2 is 2.13 bits per heavy atom. The molecule has 15 heavy (non-hydrogen) atoms. The molecule has 0 aliphatic rings. The first-order chi connectivity index (χ1) is 6.80. The lowest BCUT2D eigenvalue weighted by Gasteiger charge is -2.23. The molecule has 84 valence electrons. The molecule has 0 spiro atoms. The van der Waals surface area contributed by atoms with Crippen LogP contribution in [0.1, 0.15) is 25.4 Å². The fraction of sp³-hybridized carbons (Fsp3) is 0.545. The molecule has 0 bridgehead atoms. The van der Waals surface area contributed by atoms with Crippen molar-refractivity contribution in [1.82, 2.24) is 4.90 Å². The summed E-state index contributed by atoms with van der Waals surface area (Å²) in [7, 11) is 1.77. The molecule has 1 aromatic rings. The molecular formula is C11H16BrNO2. The van der Waals surface area contributed by atoms with Gasteiger partial charge in [-0.2, -0.15) is 0 Å². The molecule has 0 unspecified atom stereocenters. The fourth-order valence-corrected chi connectivity index (χ4v) is 1.63. The molecule has 1 rings (SSSR count). The van der Waals surface area contributed by atoms with Crippen LogP contribution < -0.4 is 0 Å². The Morgan fingerprint density at radius 3 is 2.53 bits per heavy atom. The first-order valence-electron chi connectivity index (χ1n) is 4.80. The van der Waals surface area contributed by atoms with Crippen molar-refractivity contribution < 1.29 is 9.21 Å². The van der Waals surface area contributed by atoms with E-state index in [1.165, 1.54) is 0 Å². The molecule has 0 aromatic carbocycles. The van der Waals surface area contributed by atoms with Crippen LogP contribution in [0.4, 0.5) is 0 Å². The van der Waals surface area contributed by atoms with E-state index in [1.54, 1.807) is 11.9 Å². The Bertz CT molecular complexity index is 352. The number of alkyl halides is 1. The number of halogens is 1. The predicted molar refractivity (Wildman–Crippen MR) is 62.9 cm³/mol. The van der Waals surface area contributed by atoms with E-state index < -0.39 is 4.32 Å². The molecule has 4 heteroatoms. The third-order valence-corrected chi connectivity index (χ3v) is 2.38. The number of aryl methyl sites for hydroxylation is 1. The van der Waals surface area contributed by atoms with E-state index in [0.717, 1.165) is 11.5 Å². The van der Waals surface area contributed by atoms with Gasteiger partial charge in [0.2, 0.25) is 5.91 Å². The van der Waals surface area contributed by atoms with Crippen molar-refractivity contribution in [2.75, 3.05) is 7.05 Å². The van der Waals surface area contributed by atoms with Crippen LogP contribution in [-0.4, -0.2) is 22.2 Å². The van der Waals surface area contributed by atoms with Crippen LogP contribution >= 0.6 is 15.9 Å². The van der Waals surface area contributed by atoms with Gasteiger partial charge in [0.1, 0.15) is 11.5 Å². The highest BCUT2D eigenvalue weighted by molar-refractivity contribution is 9.10. The minimum absolute atomic E-state index is 0.0385. The summed E-state index contributed by atoms with van der Waals surface area (Å²) in [5.41, 5.74) is 0. The zero-order valence-corrected chi connectivity index (χ0v) is 11.1. The van der Waals surface area contributed by atoms with Gasteiger partial charge in [-0.25, -0.2) is 0 Å². The van der Waals surface area contributed by atoms with Crippen LogP contribution in [0, 0.1) is 6.92 Å². The molecule has 1 aromatic heterocycles. The SMILES string of the molecule is Cc1ccc(CN(C)C(=O)C(C)(C)Br)o1. The minimum Gasteiger partial charge on any atom is -0.464 e. The number of rotatable bonds is 3. The van der Waals surface area contributed by atoms with Crippen LogP contribution in [0.3, 0.4) is 0 Å². The standard InChI is InChI=1S/C11H16BrNO2/c1-8-5-6-9(15-8)7-13(4)10(14)11(2,3)12/h5-6H,7H2,1-4H3. The molecule has 1 heterocycles. The summed E-state index contributed by atoms with van der Waals surface area (Å²) < 4.78 is 4.88. The third kappa shape index (κ3) is 3.38. The topological polar surface area (TPSA) is 33.5 Å². The van der Waals surface area contributed by atoms with Crippen molar-refractivity contribution in [3.05, 3.63) is 23.7 Å². The minimum atomic E-state index is -0.524. The lowest BCUT2D eigenvalue weighted by Crippen LogP contribution is -2.38. The van der Waals surface area contributed by atoms with Crippen molar-refractivity contribution in [2.24, 2.45) is 0 Å². The summed E-state index contributed by atoms with van der Waals surface area (Å²) in [6.07, 6.45) is 0. The van der Waals surface area contributed by atoms with E-state index in [0.29, 0.717) is 6.54 Å². The van der Waals surface area contributed by atoms with E-state index in [9.17, 15) is 4.79 Å². The molecule has 0 saturated carbocycles. The second kappa shape index (κ2) is 4.39. The largest absolute Gasteiger partial charge is 0.464 e. The third-order valence-electron chi connectivity index (χ3n) is 2.04. The van der Waals surface area contributed by atoms with Gasteiger partial charge in [-0.3, -0.25) is 4.79 Å². The van der Waals surface area contributed by atoms with Crippen molar-refractivity contribution in [3.63, 3.8) is 0 Å². The Hall–Kier alpha value is -0.770. The molecule has 0 aliphatic heterocycles. The zero-order valence-electron chi connectivity index (χ0n) is 9.50. The first-order valence-corrected chi connectivity index (χ1v) is 5.60. The highest BCUT2D eigenvalue weighted by atomic mass is 79.9. The van der Waals surface area contributed by atoms with E-state index in [1.807, 2.05) is 32.9 Å². The number of nitrogens with zero attached hydrogens (tertiary/aromatic N) is 1. The smallest absolute Gasteiger partial charge is 0.239 e. The number of carbonyl (C=O) groups is 1. The fourth-order valence-electron chi connectivity index (χ4n) is 1.33. The van der Waals surface area contributed by atoms with Crippen molar-refractivity contribution >= 4 is 21.8 Å². The Kier molecular flexibility index (Phi) is 3.60. The molecule has 3 nitrogen and oxygen atoms in total. The Balaban J connectivity index is 2.64. The first kappa shape index (κ1) is 12.3. The summed E-state index contributed by atoms with van der Waals surface area (Å²) in [6, 6.07) is 3.78. The van der Waals surface area contributed by atoms with E-state index in [4.69, 9.17) is 4.42 Å². The maximum absolute atomic E-state index is 11.8. The van der Waals surface area contributed by atoms with Crippen LogP contribution in [0.15, 0.2) is 16.5 Å². The number of furan rings is 1. The lowest BCUT2D eigenvalue weighted by molar-refractivity contribution is -0.132. The van der Waals surface area contributed by atoms with Crippen molar-refractivity contribution in [2.45, 2.75) is 31.6 Å². The maximum Gasteiger partial charge on any atom is 0.239 e. The van der Waals surface area contributed by atoms with Gasteiger partial charge in [-0.1, -0.05) is 15.9 Å². The predicted octanol–water partition coefficient (Wildman–Crippen LogP) is 2.72. The summed E-state index contributed by atoms with van der Waals surface area (Å²) in [6.45, 7) is 6.06. The van der Waals surface area contributed by atoms with E-state index in [2.05, 4.69) is 15.9 Å². The number of amides is 1. The van der Waals surface area contributed by atoms with Crippen LogP contribution in [0.25, 0.3) is 0 Å².